The highest BCUT2D eigenvalue weighted by molar-refractivity contribution is 5.89. The molecule has 1 aliphatic heterocycles. The number of benzene rings is 1. The van der Waals surface area contributed by atoms with E-state index in [1.807, 2.05) is 12.1 Å². The molecule has 31 heavy (non-hydrogen) atoms. The van der Waals surface area contributed by atoms with Gasteiger partial charge >= 0.3 is 5.97 Å². The smallest absolute Gasteiger partial charge is 0.338 e. The molecule has 1 heterocycles. The topological polar surface area (TPSA) is 61.8 Å². The summed E-state index contributed by atoms with van der Waals surface area (Å²) in [5.41, 5.74) is 1.44. The number of esters is 1. The third-order valence-corrected chi connectivity index (χ3v) is 6.01. The molecule has 0 spiro atoms. The van der Waals surface area contributed by atoms with Crippen LogP contribution in [0, 0.1) is 17.8 Å². The van der Waals surface area contributed by atoms with Gasteiger partial charge in [-0.3, -0.25) is 4.79 Å². The summed E-state index contributed by atoms with van der Waals surface area (Å²) in [7, 11) is 0. The first-order chi connectivity index (χ1) is 15.1. The molecule has 3 rings (SSSR count). The van der Waals surface area contributed by atoms with Crippen LogP contribution in [0.25, 0.3) is 0 Å². The van der Waals surface area contributed by atoms with Gasteiger partial charge in [0.25, 0.3) is 0 Å². The van der Waals surface area contributed by atoms with Gasteiger partial charge in [0.2, 0.25) is 0 Å². The zero-order chi connectivity index (χ0) is 21.9. The van der Waals surface area contributed by atoms with Crippen molar-refractivity contribution < 1.29 is 23.8 Å². The van der Waals surface area contributed by atoms with Gasteiger partial charge in [-0.05, 0) is 89.0 Å². The van der Waals surface area contributed by atoms with Gasteiger partial charge in [-0.15, -0.1) is 0 Å². The van der Waals surface area contributed by atoms with E-state index >= 15 is 0 Å². The normalized spacial score (nSPS) is 23.5. The molecule has 2 aliphatic rings. The second-order valence-electron chi connectivity index (χ2n) is 8.49. The van der Waals surface area contributed by atoms with Crippen LogP contribution in [0.2, 0.25) is 0 Å². The first kappa shape index (κ1) is 23.5. The van der Waals surface area contributed by atoms with Crippen molar-refractivity contribution in [1.29, 1.82) is 0 Å². The zero-order valence-corrected chi connectivity index (χ0v) is 18.6. The van der Waals surface area contributed by atoms with Crippen LogP contribution in [0.4, 0.5) is 0 Å². The standard InChI is InChI=1S/C26H34O5/c1-20(27)22-14-16-24(17-15-22)31-26(28)23-12-10-21(11-13-23)8-4-2-3-6-18-29-25-9-5-7-19-30-25/h10-13,22,24-25H,2-3,5-7,9,14-19H2,1H3. The number of carbonyl (C=O) groups excluding carboxylic acids is 2. The van der Waals surface area contributed by atoms with E-state index in [9.17, 15) is 9.59 Å². The van der Waals surface area contributed by atoms with Crippen LogP contribution < -0.4 is 0 Å². The maximum atomic E-state index is 12.4. The Morgan fingerprint density at radius 2 is 1.81 bits per heavy atom. The quantitative estimate of drug-likeness (QED) is 0.330. The number of ether oxygens (including phenoxy) is 3. The van der Waals surface area contributed by atoms with E-state index in [1.165, 1.54) is 6.42 Å². The van der Waals surface area contributed by atoms with E-state index in [4.69, 9.17) is 14.2 Å². The Morgan fingerprint density at radius 1 is 1.03 bits per heavy atom. The molecule has 1 unspecified atom stereocenters. The Labute approximate surface area is 185 Å². The Bertz CT molecular complexity index is 759. The van der Waals surface area contributed by atoms with E-state index in [-0.39, 0.29) is 30.1 Å². The summed E-state index contributed by atoms with van der Waals surface area (Å²) in [5, 5.41) is 0. The molecule has 2 fully saturated rings. The predicted molar refractivity (Wildman–Crippen MR) is 119 cm³/mol. The van der Waals surface area contributed by atoms with Gasteiger partial charge in [0.05, 0.1) is 5.56 Å². The minimum Gasteiger partial charge on any atom is -0.459 e. The van der Waals surface area contributed by atoms with E-state index in [2.05, 4.69) is 11.8 Å². The maximum Gasteiger partial charge on any atom is 0.338 e. The highest BCUT2D eigenvalue weighted by Crippen LogP contribution is 2.27. The van der Waals surface area contributed by atoms with E-state index < -0.39 is 0 Å². The molecule has 1 aliphatic carbocycles. The van der Waals surface area contributed by atoms with Crippen molar-refractivity contribution in [2.75, 3.05) is 13.2 Å². The van der Waals surface area contributed by atoms with Gasteiger partial charge in [0.15, 0.2) is 6.29 Å². The average Bonchev–Trinajstić information content (AvgIpc) is 2.80. The first-order valence-electron chi connectivity index (χ1n) is 11.7. The Kier molecular flexibility index (Phi) is 9.58. The number of rotatable bonds is 8. The van der Waals surface area contributed by atoms with Crippen LogP contribution >= 0.6 is 0 Å². The zero-order valence-electron chi connectivity index (χ0n) is 18.6. The van der Waals surface area contributed by atoms with Crippen molar-refractivity contribution >= 4 is 11.8 Å². The second kappa shape index (κ2) is 12.6. The fourth-order valence-electron chi connectivity index (χ4n) is 4.03. The van der Waals surface area contributed by atoms with Crippen molar-refractivity contribution in [1.82, 2.24) is 0 Å². The molecule has 1 saturated carbocycles. The fraction of sp³-hybridized carbons (Fsp3) is 0.615. The minimum atomic E-state index is -0.298. The van der Waals surface area contributed by atoms with Crippen molar-refractivity contribution in [3.63, 3.8) is 0 Å². The molecular weight excluding hydrogens is 392 g/mol. The summed E-state index contributed by atoms with van der Waals surface area (Å²) < 4.78 is 16.9. The Hall–Kier alpha value is -2.16. The second-order valence-corrected chi connectivity index (χ2v) is 8.49. The highest BCUT2D eigenvalue weighted by atomic mass is 16.7. The van der Waals surface area contributed by atoms with Crippen LogP contribution in [-0.4, -0.2) is 37.4 Å². The molecule has 1 saturated heterocycles. The van der Waals surface area contributed by atoms with Gasteiger partial charge in [0, 0.05) is 31.1 Å². The summed E-state index contributed by atoms with van der Waals surface area (Å²) in [6.45, 7) is 3.18. The lowest BCUT2D eigenvalue weighted by molar-refractivity contribution is -0.162. The summed E-state index contributed by atoms with van der Waals surface area (Å²) in [5.74, 6) is 6.41. The number of hydrogen-bond donors (Lipinski definition) is 0. The molecule has 5 heteroatoms. The monoisotopic (exact) mass is 426 g/mol. The summed E-state index contributed by atoms with van der Waals surface area (Å²) in [6, 6.07) is 7.26. The minimum absolute atomic E-state index is 0.0133. The highest BCUT2D eigenvalue weighted by Gasteiger charge is 2.26. The largest absolute Gasteiger partial charge is 0.459 e. The van der Waals surface area contributed by atoms with Crippen LogP contribution in [0.1, 0.15) is 87.1 Å². The summed E-state index contributed by atoms with van der Waals surface area (Å²) in [4.78, 5) is 23.8. The van der Waals surface area contributed by atoms with Gasteiger partial charge in [-0.25, -0.2) is 4.79 Å². The molecule has 0 aromatic heterocycles. The van der Waals surface area contributed by atoms with Crippen molar-refractivity contribution in [2.45, 2.75) is 83.5 Å². The molecule has 168 valence electrons. The molecule has 5 nitrogen and oxygen atoms in total. The molecule has 1 aromatic carbocycles. The molecule has 0 N–H and O–H groups in total. The maximum absolute atomic E-state index is 12.4. The van der Waals surface area contributed by atoms with Crippen LogP contribution in [-0.2, 0) is 19.0 Å². The number of hydrogen-bond acceptors (Lipinski definition) is 5. The van der Waals surface area contributed by atoms with Crippen molar-refractivity contribution in [3.8, 4) is 11.8 Å². The van der Waals surface area contributed by atoms with E-state index in [0.29, 0.717) is 5.56 Å². The van der Waals surface area contributed by atoms with E-state index in [0.717, 1.165) is 76.6 Å². The van der Waals surface area contributed by atoms with Gasteiger partial charge < -0.3 is 14.2 Å². The number of carbonyl (C=O) groups is 2. The fourth-order valence-corrected chi connectivity index (χ4v) is 4.03. The van der Waals surface area contributed by atoms with Crippen LogP contribution in [0.3, 0.4) is 0 Å². The van der Waals surface area contributed by atoms with Crippen molar-refractivity contribution in [3.05, 3.63) is 35.4 Å². The molecule has 0 radical (unpaired) electrons. The van der Waals surface area contributed by atoms with Crippen LogP contribution in [0.5, 0.6) is 0 Å². The number of Topliss-reactive ketones (excluding diaryl/α,β-unsaturated/α-hetero) is 1. The van der Waals surface area contributed by atoms with Crippen LogP contribution in [0.15, 0.2) is 24.3 Å². The summed E-state index contributed by atoms with van der Waals surface area (Å²) in [6.07, 6.45) is 9.17. The van der Waals surface area contributed by atoms with Gasteiger partial charge in [-0.2, -0.15) is 0 Å². The van der Waals surface area contributed by atoms with Gasteiger partial charge in [0.1, 0.15) is 11.9 Å². The molecule has 0 amide bonds. The molecule has 1 atom stereocenters. The van der Waals surface area contributed by atoms with Gasteiger partial charge in [-0.1, -0.05) is 11.8 Å². The lowest BCUT2D eigenvalue weighted by atomic mass is 9.85. The third-order valence-electron chi connectivity index (χ3n) is 6.01. The lowest BCUT2D eigenvalue weighted by Crippen LogP contribution is -2.27. The lowest BCUT2D eigenvalue weighted by Gasteiger charge is -2.26. The molecular formula is C26H34O5. The first-order valence-corrected chi connectivity index (χ1v) is 11.7. The SMILES string of the molecule is CC(=O)C1CCC(OC(=O)c2ccc(C#CCCCCOC3CCCCO3)cc2)CC1. The van der Waals surface area contributed by atoms with E-state index in [1.54, 1.807) is 19.1 Å². The van der Waals surface area contributed by atoms with Crippen molar-refractivity contribution in [2.24, 2.45) is 5.92 Å². The Morgan fingerprint density at radius 3 is 2.48 bits per heavy atom. The molecule has 0 bridgehead atoms. The summed E-state index contributed by atoms with van der Waals surface area (Å²) >= 11 is 0. The number of ketones is 1. The molecule has 1 aromatic rings. The third kappa shape index (κ3) is 8.12. The number of unbranched alkanes of at least 4 members (excludes halogenated alkanes) is 2. The predicted octanol–water partition coefficient (Wildman–Crippen LogP) is 5.06. The average molecular weight is 427 g/mol. The Balaban J connectivity index is 1.32.